The summed E-state index contributed by atoms with van der Waals surface area (Å²) in [6, 6.07) is 11.2. The zero-order valence-corrected chi connectivity index (χ0v) is 6.27. The number of rotatable bonds is 1. The van der Waals surface area contributed by atoms with Crippen LogP contribution in [0.2, 0.25) is 0 Å². The Hall–Kier alpha value is -0.860. The topological polar surface area (TPSA) is 73.1 Å². The molecule has 0 aliphatic rings. The molecule has 0 aliphatic carbocycles. The number of hydrogen-bond donors (Lipinski definition) is 2. The third kappa shape index (κ3) is 9.05. The van der Waals surface area contributed by atoms with Crippen molar-refractivity contribution in [2.24, 2.45) is 0 Å². The second kappa shape index (κ2) is 11.1. The standard InChI is InChI=1S/C7H5N.CH3NO2.Na.H/c8-6-7-4-2-1-3-5-7;3-1-2-4;;/h1-5H;1,4H,(H,2,3);;. The van der Waals surface area contributed by atoms with Gasteiger partial charge in [-0.15, -0.1) is 0 Å². The minimum absolute atomic E-state index is 0. The Kier molecular flexibility index (Phi) is 12.6. The summed E-state index contributed by atoms with van der Waals surface area (Å²) < 4.78 is 0. The van der Waals surface area contributed by atoms with Gasteiger partial charge in [0.1, 0.15) is 0 Å². The van der Waals surface area contributed by atoms with Gasteiger partial charge in [-0.1, -0.05) is 18.2 Å². The van der Waals surface area contributed by atoms with Crippen molar-refractivity contribution in [3.8, 4) is 6.07 Å². The van der Waals surface area contributed by atoms with Crippen LogP contribution in [0.5, 0.6) is 0 Å². The minimum atomic E-state index is 0. The van der Waals surface area contributed by atoms with Crippen LogP contribution in [0.3, 0.4) is 0 Å². The molecule has 0 radical (unpaired) electrons. The first-order valence-corrected chi connectivity index (χ1v) is 3.13. The van der Waals surface area contributed by atoms with Crippen LogP contribution in [0.25, 0.3) is 0 Å². The van der Waals surface area contributed by atoms with Gasteiger partial charge in [0, 0.05) is 0 Å². The van der Waals surface area contributed by atoms with Crippen molar-refractivity contribution < 1.29 is 10.0 Å². The van der Waals surface area contributed by atoms with Crippen LogP contribution >= 0.6 is 0 Å². The van der Waals surface area contributed by atoms with Gasteiger partial charge >= 0.3 is 29.6 Å². The molecule has 4 nitrogen and oxygen atoms in total. The molecule has 64 valence electrons. The van der Waals surface area contributed by atoms with Gasteiger partial charge in [-0.05, 0) is 12.1 Å². The molecule has 1 aromatic rings. The average Bonchev–Trinajstić information content (AvgIpc) is 2.19. The van der Waals surface area contributed by atoms with Gasteiger partial charge in [-0.25, -0.2) is 5.48 Å². The predicted molar refractivity (Wildman–Crippen MR) is 49.3 cm³/mol. The molecule has 0 heterocycles. The van der Waals surface area contributed by atoms with Crippen LogP contribution < -0.4 is 5.48 Å². The second-order valence-corrected chi connectivity index (χ2v) is 1.72. The molecule has 13 heavy (non-hydrogen) atoms. The molecule has 5 heteroatoms. The van der Waals surface area contributed by atoms with Crippen LogP contribution in [0.15, 0.2) is 30.3 Å². The Morgan fingerprint density at radius 3 is 2.08 bits per heavy atom. The number of hydrogen-bond acceptors (Lipinski definition) is 3. The van der Waals surface area contributed by atoms with E-state index in [0.29, 0.717) is 5.56 Å². The van der Waals surface area contributed by atoms with E-state index < -0.39 is 0 Å². The van der Waals surface area contributed by atoms with E-state index in [-0.39, 0.29) is 36.0 Å². The van der Waals surface area contributed by atoms with Crippen LogP contribution in [0.1, 0.15) is 5.56 Å². The number of nitriles is 1. The number of hydroxylamine groups is 1. The van der Waals surface area contributed by atoms with Gasteiger partial charge in [0.15, 0.2) is 0 Å². The quantitative estimate of drug-likeness (QED) is 0.282. The van der Waals surface area contributed by atoms with E-state index in [1.165, 1.54) is 5.48 Å². The second-order valence-electron chi connectivity index (χ2n) is 1.72. The van der Waals surface area contributed by atoms with Gasteiger partial charge in [0.05, 0.1) is 11.6 Å². The first kappa shape index (κ1) is 14.7. The first-order chi connectivity index (χ1) is 5.85. The van der Waals surface area contributed by atoms with Crippen molar-refractivity contribution in [3.63, 3.8) is 0 Å². The van der Waals surface area contributed by atoms with Crippen molar-refractivity contribution in [3.05, 3.63) is 35.9 Å². The summed E-state index contributed by atoms with van der Waals surface area (Å²) in [7, 11) is 0. The maximum absolute atomic E-state index is 8.81. The molecular weight excluding hydrogens is 179 g/mol. The molecule has 2 N–H and O–H groups in total. The predicted octanol–water partition coefficient (Wildman–Crippen LogP) is 0.0314. The van der Waals surface area contributed by atoms with Gasteiger partial charge < -0.3 is 0 Å². The molecule has 0 saturated heterocycles. The Labute approximate surface area is 98.4 Å². The molecular formula is C8H9N2NaO2. The van der Waals surface area contributed by atoms with Crippen molar-refractivity contribution in [1.82, 2.24) is 5.48 Å². The van der Waals surface area contributed by atoms with Crippen molar-refractivity contribution >= 4 is 36.0 Å². The fourth-order valence-corrected chi connectivity index (χ4v) is 0.513. The number of nitrogens with one attached hydrogen (secondary N) is 1. The van der Waals surface area contributed by atoms with E-state index in [0.717, 1.165) is 0 Å². The Morgan fingerprint density at radius 2 is 1.85 bits per heavy atom. The number of amides is 1. The summed E-state index contributed by atoms with van der Waals surface area (Å²) in [5, 5.41) is 15.5. The monoisotopic (exact) mass is 188 g/mol. The van der Waals surface area contributed by atoms with Gasteiger partial charge in [-0.2, -0.15) is 5.26 Å². The molecule has 0 atom stereocenters. The van der Waals surface area contributed by atoms with Crippen LogP contribution in [0.4, 0.5) is 0 Å². The zero-order chi connectivity index (χ0) is 9.23. The number of carbonyl (C=O) groups excluding carboxylic acids is 1. The maximum atomic E-state index is 8.81. The molecule has 0 saturated carbocycles. The molecule has 0 bridgehead atoms. The number of nitrogens with zero attached hydrogens (tertiary/aromatic N) is 1. The fraction of sp³-hybridized carbons (Fsp3) is 0. The van der Waals surface area contributed by atoms with Gasteiger partial charge in [0.2, 0.25) is 6.41 Å². The molecule has 0 aromatic heterocycles. The van der Waals surface area contributed by atoms with E-state index in [1.807, 2.05) is 24.3 Å². The summed E-state index contributed by atoms with van der Waals surface area (Å²) in [4.78, 5) is 8.81. The van der Waals surface area contributed by atoms with Gasteiger partial charge in [-0.3, -0.25) is 10.0 Å². The van der Waals surface area contributed by atoms with E-state index in [9.17, 15) is 0 Å². The summed E-state index contributed by atoms with van der Waals surface area (Å²) in [5.74, 6) is 0. The molecule has 1 amide bonds. The molecule has 0 spiro atoms. The number of benzene rings is 1. The van der Waals surface area contributed by atoms with Crippen LogP contribution in [-0.2, 0) is 4.79 Å². The summed E-state index contributed by atoms with van der Waals surface area (Å²) >= 11 is 0. The molecule has 1 aromatic carbocycles. The van der Waals surface area contributed by atoms with Crippen molar-refractivity contribution in [2.75, 3.05) is 0 Å². The van der Waals surface area contributed by atoms with E-state index in [2.05, 4.69) is 0 Å². The molecule has 0 aliphatic heterocycles. The third-order valence-corrected chi connectivity index (χ3v) is 0.956. The molecule has 1 rings (SSSR count). The van der Waals surface area contributed by atoms with E-state index in [4.69, 9.17) is 15.3 Å². The van der Waals surface area contributed by atoms with E-state index >= 15 is 0 Å². The summed E-state index contributed by atoms with van der Waals surface area (Å²) in [6.07, 6.45) is 0.181. The first-order valence-electron chi connectivity index (χ1n) is 3.13. The molecule has 0 unspecified atom stereocenters. The van der Waals surface area contributed by atoms with Crippen LogP contribution in [-0.4, -0.2) is 41.2 Å². The molecule has 0 fully saturated rings. The zero-order valence-electron chi connectivity index (χ0n) is 6.27. The Balaban J connectivity index is 0. The summed E-state index contributed by atoms with van der Waals surface area (Å²) in [5.41, 5.74) is 1.97. The van der Waals surface area contributed by atoms with Crippen LogP contribution in [0, 0.1) is 11.3 Å². The summed E-state index contributed by atoms with van der Waals surface area (Å²) in [6.45, 7) is 0. The normalized spacial score (nSPS) is 6.46. The Bertz CT molecular complexity index is 259. The van der Waals surface area contributed by atoms with Gasteiger partial charge in [0.25, 0.3) is 0 Å². The number of carbonyl (C=O) groups is 1. The fourth-order valence-electron chi connectivity index (χ4n) is 0.513. The van der Waals surface area contributed by atoms with Crippen molar-refractivity contribution in [1.29, 1.82) is 5.26 Å². The van der Waals surface area contributed by atoms with Crippen molar-refractivity contribution in [2.45, 2.75) is 0 Å². The Morgan fingerprint density at radius 1 is 1.38 bits per heavy atom. The average molecular weight is 188 g/mol. The third-order valence-electron chi connectivity index (χ3n) is 0.956. The SMILES string of the molecule is N#Cc1ccccc1.O=CNO.[NaH]. The van der Waals surface area contributed by atoms with E-state index in [1.54, 1.807) is 12.1 Å².